The molecular formula is C16H21ClFN3O3. The second-order valence-corrected chi connectivity index (χ2v) is 6.06. The summed E-state index contributed by atoms with van der Waals surface area (Å²) in [6.07, 6.45) is 0.490. The molecule has 1 saturated heterocycles. The summed E-state index contributed by atoms with van der Waals surface area (Å²) < 4.78 is 13.6. The standard InChI is InChI=1S/C16H21ClFN3O3/c17-12-3-2-11(8-13(12)18)10-21-6-5-20-16(24)14(21)9-15(23)19-4-1-7-22/h2-3,8,14,22H,1,4-7,9-10H2,(H,19,23)(H,20,24)/t14-/m0/s1. The van der Waals surface area contributed by atoms with Crippen molar-refractivity contribution in [3.63, 3.8) is 0 Å². The number of hydrogen-bond acceptors (Lipinski definition) is 4. The van der Waals surface area contributed by atoms with E-state index in [1.165, 1.54) is 12.1 Å². The molecule has 1 fully saturated rings. The molecule has 1 aromatic carbocycles. The van der Waals surface area contributed by atoms with Gasteiger partial charge < -0.3 is 15.7 Å². The van der Waals surface area contributed by atoms with Crippen molar-refractivity contribution in [1.29, 1.82) is 0 Å². The first kappa shape index (κ1) is 18.6. The number of aliphatic hydroxyl groups is 1. The second kappa shape index (κ2) is 8.96. The minimum absolute atomic E-state index is 0.00154. The normalized spacial score (nSPS) is 18.3. The molecule has 1 aromatic rings. The second-order valence-electron chi connectivity index (χ2n) is 5.66. The predicted octanol–water partition coefficient (Wildman–Crippen LogP) is 0.668. The molecule has 0 radical (unpaired) electrons. The maximum atomic E-state index is 13.6. The quantitative estimate of drug-likeness (QED) is 0.626. The van der Waals surface area contributed by atoms with Crippen LogP contribution in [0.1, 0.15) is 18.4 Å². The zero-order valence-corrected chi connectivity index (χ0v) is 14.0. The van der Waals surface area contributed by atoms with Crippen molar-refractivity contribution in [3.05, 3.63) is 34.6 Å². The number of aliphatic hydroxyl groups excluding tert-OH is 1. The van der Waals surface area contributed by atoms with Gasteiger partial charge in [0.05, 0.1) is 17.5 Å². The highest BCUT2D eigenvalue weighted by atomic mass is 35.5. The van der Waals surface area contributed by atoms with Gasteiger partial charge in [0.15, 0.2) is 0 Å². The molecule has 0 bridgehead atoms. The molecule has 6 nitrogen and oxygen atoms in total. The topological polar surface area (TPSA) is 81.7 Å². The number of nitrogens with one attached hydrogen (secondary N) is 2. The first-order valence-electron chi connectivity index (χ1n) is 7.84. The summed E-state index contributed by atoms with van der Waals surface area (Å²) >= 11 is 5.68. The van der Waals surface area contributed by atoms with Gasteiger partial charge in [-0.15, -0.1) is 0 Å². The number of benzene rings is 1. The van der Waals surface area contributed by atoms with E-state index in [9.17, 15) is 14.0 Å². The van der Waals surface area contributed by atoms with Gasteiger partial charge in [-0.05, 0) is 24.1 Å². The molecule has 0 spiro atoms. The lowest BCUT2D eigenvalue weighted by molar-refractivity contribution is -0.134. The van der Waals surface area contributed by atoms with Crippen LogP contribution in [0.5, 0.6) is 0 Å². The summed E-state index contributed by atoms with van der Waals surface area (Å²) in [4.78, 5) is 25.9. The Kier molecular flexibility index (Phi) is 6.96. The molecule has 132 valence electrons. The Bertz CT molecular complexity index is 600. The number of hydrogen-bond donors (Lipinski definition) is 3. The van der Waals surface area contributed by atoms with Crippen LogP contribution in [0.2, 0.25) is 5.02 Å². The Morgan fingerprint density at radius 2 is 2.29 bits per heavy atom. The molecule has 0 unspecified atom stereocenters. The molecule has 1 heterocycles. The first-order valence-corrected chi connectivity index (χ1v) is 8.22. The van der Waals surface area contributed by atoms with Crippen LogP contribution >= 0.6 is 11.6 Å². The molecule has 2 amide bonds. The zero-order valence-electron chi connectivity index (χ0n) is 13.2. The van der Waals surface area contributed by atoms with Gasteiger partial charge >= 0.3 is 0 Å². The van der Waals surface area contributed by atoms with Gasteiger partial charge in [-0.25, -0.2) is 4.39 Å². The molecule has 0 saturated carbocycles. The van der Waals surface area contributed by atoms with Gasteiger partial charge in [-0.1, -0.05) is 17.7 Å². The molecule has 0 aliphatic carbocycles. The number of nitrogens with zero attached hydrogens (tertiary/aromatic N) is 1. The van der Waals surface area contributed by atoms with Crippen LogP contribution in [0.3, 0.4) is 0 Å². The number of halogens is 2. The van der Waals surface area contributed by atoms with Crippen LogP contribution in [-0.4, -0.2) is 54.1 Å². The molecule has 1 atom stereocenters. The molecule has 0 aromatic heterocycles. The Balaban J connectivity index is 2.01. The minimum Gasteiger partial charge on any atom is -0.396 e. The molecule has 1 aliphatic rings. The third-order valence-corrected chi connectivity index (χ3v) is 4.15. The summed E-state index contributed by atoms with van der Waals surface area (Å²) in [5.41, 5.74) is 0.692. The Labute approximate surface area is 145 Å². The van der Waals surface area contributed by atoms with Crippen LogP contribution in [0.4, 0.5) is 4.39 Å². The van der Waals surface area contributed by atoms with E-state index in [1.54, 1.807) is 6.07 Å². The first-order chi connectivity index (χ1) is 11.5. The molecule has 24 heavy (non-hydrogen) atoms. The fourth-order valence-electron chi connectivity index (χ4n) is 2.60. The highest BCUT2D eigenvalue weighted by Gasteiger charge is 2.31. The lowest BCUT2D eigenvalue weighted by atomic mass is 10.1. The average molecular weight is 358 g/mol. The monoisotopic (exact) mass is 357 g/mol. The van der Waals surface area contributed by atoms with Crippen LogP contribution in [0.15, 0.2) is 18.2 Å². The van der Waals surface area contributed by atoms with Crippen molar-refractivity contribution in [2.75, 3.05) is 26.2 Å². The number of rotatable bonds is 7. The average Bonchev–Trinajstić information content (AvgIpc) is 2.54. The van der Waals surface area contributed by atoms with E-state index in [2.05, 4.69) is 10.6 Å². The van der Waals surface area contributed by atoms with Crippen LogP contribution in [0.25, 0.3) is 0 Å². The fourth-order valence-corrected chi connectivity index (χ4v) is 2.72. The van der Waals surface area contributed by atoms with E-state index >= 15 is 0 Å². The van der Waals surface area contributed by atoms with E-state index in [0.29, 0.717) is 38.2 Å². The summed E-state index contributed by atoms with van der Waals surface area (Å²) in [7, 11) is 0. The van der Waals surface area contributed by atoms with Gasteiger partial charge in [0, 0.05) is 32.8 Å². The maximum absolute atomic E-state index is 13.6. The Hall–Kier alpha value is -1.70. The summed E-state index contributed by atoms with van der Waals surface area (Å²) in [6, 6.07) is 3.92. The Morgan fingerprint density at radius 3 is 3.00 bits per heavy atom. The molecule has 3 N–H and O–H groups in total. The minimum atomic E-state index is -0.605. The highest BCUT2D eigenvalue weighted by Crippen LogP contribution is 2.19. The van der Waals surface area contributed by atoms with Gasteiger partial charge in [0.1, 0.15) is 5.82 Å². The zero-order chi connectivity index (χ0) is 17.5. The van der Waals surface area contributed by atoms with Crippen molar-refractivity contribution < 1.29 is 19.1 Å². The van der Waals surface area contributed by atoms with Gasteiger partial charge in [0.2, 0.25) is 11.8 Å². The van der Waals surface area contributed by atoms with Crippen molar-refractivity contribution in [1.82, 2.24) is 15.5 Å². The molecule has 2 rings (SSSR count). The van der Waals surface area contributed by atoms with Crippen LogP contribution in [-0.2, 0) is 16.1 Å². The van der Waals surface area contributed by atoms with Crippen LogP contribution in [0, 0.1) is 5.82 Å². The number of amides is 2. The summed E-state index contributed by atoms with van der Waals surface area (Å²) in [5, 5.41) is 14.2. The summed E-state index contributed by atoms with van der Waals surface area (Å²) in [6.45, 7) is 1.78. The third-order valence-electron chi connectivity index (χ3n) is 3.85. The van der Waals surface area contributed by atoms with Gasteiger partial charge in [-0.3, -0.25) is 14.5 Å². The van der Waals surface area contributed by atoms with E-state index in [1.807, 2.05) is 4.90 Å². The van der Waals surface area contributed by atoms with E-state index in [-0.39, 0.29) is 29.9 Å². The lowest BCUT2D eigenvalue weighted by Gasteiger charge is -2.34. The molecular weight excluding hydrogens is 337 g/mol. The third kappa shape index (κ3) is 5.15. The molecule has 1 aliphatic heterocycles. The van der Waals surface area contributed by atoms with Crippen molar-refractivity contribution in [2.45, 2.75) is 25.4 Å². The van der Waals surface area contributed by atoms with Crippen molar-refractivity contribution in [3.8, 4) is 0 Å². The van der Waals surface area contributed by atoms with Gasteiger partial charge in [0.25, 0.3) is 0 Å². The number of piperazine rings is 1. The van der Waals surface area contributed by atoms with Crippen LogP contribution < -0.4 is 10.6 Å². The van der Waals surface area contributed by atoms with E-state index in [4.69, 9.17) is 16.7 Å². The smallest absolute Gasteiger partial charge is 0.237 e. The van der Waals surface area contributed by atoms with E-state index < -0.39 is 11.9 Å². The number of carbonyl (C=O) groups excluding carboxylic acids is 2. The lowest BCUT2D eigenvalue weighted by Crippen LogP contribution is -2.56. The number of carbonyl (C=O) groups is 2. The SMILES string of the molecule is O=C(C[C@H]1C(=O)NCCN1Cc1ccc(Cl)c(F)c1)NCCCO. The van der Waals surface area contributed by atoms with E-state index in [0.717, 1.165) is 0 Å². The Morgan fingerprint density at radius 1 is 1.50 bits per heavy atom. The predicted molar refractivity (Wildman–Crippen MR) is 87.9 cm³/mol. The van der Waals surface area contributed by atoms with Crippen molar-refractivity contribution in [2.24, 2.45) is 0 Å². The highest BCUT2D eigenvalue weighted by molar-refractivity contribution is 6.30. The molecule has 8 heteroatoms. The van der Waals surface area contributed by atoms with Crippen molar-refractivity contribution >= 4 is 23.4 Å². The largest absolute Gasteiger partial charge is 0.396 e. The summed E-state index contributed by atoms with van der Waals surface area (Å²) in [5.74, 6) is -0.972. The van der Waals surface area contributed by atoms with Gasteiger partial charge in [-0.2, -0.15) is 0 Å². The maximum Gasteiger partial charge on any atom is 0.237 e. The fraction of sp³-hybridized carbons (Fsp3) is 0.500.